The van der Waals surface area contributed by atoms with Crippen LogP contribution in [0.3, 0.4) is 0 Å². The molecule has 0 saturated carbocycles. The first-order chi connectivity index (χ1) is 8.70. The third-order valence-electron chi connectivity index (χ3n) is 3.18. The Morgan fingerprint density at radius 2 is 2.00 bits per heavy atom. The summed E-state index contributed by atoms with van der Waals surface area (Å²) in [4.78, 5) is 16.5. The molecule has 0 bridgehead atoms. The van der Waals surface area contributed by atoms with E-state index in [1.807, 2.05) is 36.1 Å². The monoisotopic (exact) mass is 248 g/mol. The molecule has 1 aliphatic rings. The van der Waals surface area contributed by atoms with Crippen LogP contribution in [0, 0.1) is 0 Å². The molecular weight excluding hydrogens is 228 g/mol. The van der Waals surface area contributed by atoms with Gasteiger partial charge in [0, 0.05) is 31.7 Å². The zero-order chi connectivity index (χ0) is 13.0. The minimum Gasteiger partial charge on any atom is -0.494 e. The topological polar surface area (TPSA) is 32.8 Å². The first kappa shape index (κ1) is 12.9. The molecule has 0 aromatic heterocycles. The van der Waals surface area contributed by atoms with Crippen molar-refractivity contribution in [3.63, 3.8) is 0 Å². The number of hydrogen-bond acceptors (Lipinski definition) is 3. The molecule has 0 spiro atoms. The molecule has 4 heteroatoms. The molecule has 18 heavy (non-hydrogen) atoms. The maximum atomic E-state index is 12.3. The predicted molar refractivity (Wildman–Crippen MR) is 71.0 cm³/mol. The van der Waals surface area contributed by atoms with Crippen molar-refractivity contribution in [3.8, 4) is 5.75 Å². The number of ether oxygens (including phenoxy) is 1. The Balaban J connectivity index is 2.06. The number of rotatable bonds is 3. The van der Waals surface area contributed by atoms with Gasteiger partial charge < -0.3 is 14.5 Å². The van der Waals surface area contributed by atoms with E-state index >= 15 is 0 Å². The van der Waals surface area contributed by atoms with Crippen LogP contribution in [0.15, 0.2) is 24.3 Å². The molecule has 1 saturated heterocycles. The highest BCUT2D eigenvalue weighted by atomic mass is 16.5. The number of amides is 1. The Labute approximate surface area is 108 Å². The van der Waals surface area contributed by atoms with Crippen LogP contribution in [-0.2, 0) is 0 Å². The van der Waals surface area contributed by atoms with E-state index in [4.69, 9.17) is 4.74 Å². The van der Waals surface area contributed by atoms with Gasteiger partial charge in [-0.1, -0.05) is 6.07 Å². The molecular formula is C14H20N2O2. The molecule has 0 radical (unpaired) electrons. The lowest BCUT2D eigenvalue weighted by Crippen LogP contribution is -2.47. The maximum absolute atomic E-state index is 12.3. The van der Waals surface area contributed by atoms with Crippen molar-refractivity contribution in [3.05, 3.63) is 29.8 Å². The molecule has 2 rings (SSSR count). The Kier molecular flexibility index (Phi) is 4.20. The van der Waals surface area contributed by atoms with Gasteiger partial charge in [-0.15, -0.1) is 0 Å². The number of carbonyl (C=O) groups is 1. The van der Waals surface area contributed by atoms with Gasteiger partial charge in [-0.2, -0.15) is 0 Å². The second kappa shape index (κ2) is 5.87. The van der Waals surface area contributed by atoms with Gasteiger partial charge in [-0.25, -0.2) is 0 Å². The van der Waals surface area contributed by atoms with Gasteiger partial charge in [-0.05, 0) is 32.2 Å². The molecule has 0 N–H and O–H groups in total. The highest BCUT2D eigenvalue weighted by molar-refractivity contribution is 5.94. The molecule has 4 nitrogen and oxygen atoms in total. The normalized spacial score (nSPS) is 16.7. The molecule has 0 aliphatic carbocycles. The number of nitrogens with zero attached hydrogens (tertiary/aromatic N) is 2. The molecule has 1 heterocycles. The molecule has 98 valence electrons. The number of carbonyl (C=O) groups excluding carboxylic acids is 1. The largest absolute Gasteiger partial charge is 0.494 e. The second-order valence-corrected chi connectivity index (χ2v) is 4.56. The summed E-state index contributed by atoms with van der Waals surface area (Å²) < 4.78 is 5.42. The lowest BCUT2D eigenvalue weighted by Gasteiger charge is -2.32. The quantitative estimate of drug-likeness (QED) is 0.812. The van der Waals surface area contributed by atoms with Crippen LogP contribution < -0.4 is 4.74 Å². The molecule has 1 amide bonds. The van der Waals surface area contributed by atoms with E-state index in [2.05, 4.69) is 11.9 Å². The summed E-state index contributed by atoms with van der Waals surface area (Å²) in [5.74, 6) is 0.863. The summed E-state index contributed by atoms with van der Waals surface area (Å²) in [6.07, 6.45) is 0. The fourth-order valence-electron chi connectivity index (χ4n) is 2.08. The van der Waals surface area contributed by atoms with Crippen molar-refractivity contribution in [1.29, 1.82) is 0 Å². The van der Waals surface area contributed by atoms with Gasteiger partial charge in [0.25, 0.3) is 5.91 Å². The van der Waals surface area contributed by atoms with Gasteiger partial charge in [0.05, 0.1) is 6.61 Å². The summed E-state index contributed by atoms with van der Waals surface area (Å²) in [5.41, 5.74) is 0.713. The minimum absolute atomic E-state index is 0.102. The molecule has 1 aromatic carbocycles. The number of likely N-dealkylation sites (N-methyl/N-ethyl adjacent to an activating group) is 1. The third kappa shape index (κ3) is 3.01. The standard InChI is InChI=1S/C14H20N2O2/c1-3-18-13-6-4-5-12(11-13)14(17)16-9-7-15(2)8-10-16/h4-6,11H,3,7-10H2,1-2H3. The summed E-state index contributed by atoms with van der Waals surface area (Å²) in [7, 11) is 2.08. The van der Waals surface area contributed by atoms with Crippen molar-refractivity contribution in [2.45, 2.75) is 6.92 Å². The summed E-state index contributed by atoms with van der Waals surface area (Å²) in [6, 6.07) is 7.42. The van der Waals surface area contributed by atoms with Crippen LogP contribution in [0.5, 0.6) is 5.75 Å². The first-order valence-corrected chi connectivity index (χ1v) is 6.41. The van der Waals surface area contributed by atoms with Crippen LogP contribution in [0.4, 0.5) is 0 Å². The fraction of sp³-hybridized carbons (Fsp3) is 0.500. The third-order valence-corrected chi connectivity index (χ3v) is 3.18. The van der Waals surface area contributed by atoms with E-state index in [0.29, 0.717) is 12.2 Å². The van der Waals surface area contributed by atoms with Crippen molar-refractivity contribution >= 4 is 5.91 Å². The van der Waals surface area contributed by atoms with E-state index in [9.17, 15) is 4.79 Å². The Morgan fingerprint density at radius 3 is 2.67 bits per heavy atom. The fourth-order valence-corrected chi connectivity index (χ4v) is 2.08. The smallest absolute Gasteiger partial charge is 0.254 e. The van der Waals surface area contributed by atoms with Gasteiger partial charge in [0.1, 0.15) is 5.75 Å². The summed E-state index contributed by atoms with van der Waals surface area (Å²) >= 11 is 0. The minimum atomic E-state index is 0.102. The van der Waals surface area contributed by atoms with Crippen molar-refractivity contribution in [2.75, 3.05) is 39.8 Å². The predicted octanol–water partition coefficient (Wildman–Crippen LogP) is 1.47. The number of hydrogen-bond donors (Lipinski definition) is 0. The molecule has 1 fully saturated rings. The van der Waals surface area contributed by atoms with Crippen LogP contribution in [0.25, 0.3) is 0 Å². The van der Waals surface area contributed by atoms with Crippen LogP contribution >= 0.6 is 0 Å². The van der Waals surface area contributed by atoms with Gasteiger partial charge in [-0.3, -0.25) is 4.79 Å². The second-order valence-electron chi connectivity index (χ2n) is 4.56. The van der Waals surface area contributed by atoms with Crippen molar-refractivity contribution < 1.29 is 9.53 Å². The zero-order valence-electron chi connectivity index (χ0n) is 11.1. The zero-order valence-corrected chi connectivity index (χ0v) is 11.1. The number of piperazine rings is 1. The molecule has 1 aromatic rings. The maximum Gasteiger partial charge on any atom is 0.254 e. The van der Waals surface area contributed by atoms with E-state index in [0.717, 1.165) is 31.9 Å². The average Bonchev–Trinajstić information content (AvgIpc) is 2.39. The summed E-state index contributed by atoms with van der Waals surface area (Å²) in [5, 5.41) is 0. The Hall–Kier alpha value is -1.55. The highest BCUT2D eigenvalue weighted by Gasteiger charge is 2.20. The average molecular weight is 248 g/mol. The Morgan fingerprint density at radius 1 is 1.28 bits per heavy atom. The molecule has 1 aliphatic heterocycles. The SMILES string of the molecule is CCOc1cccc(C(=O)N2CCN(C)CC2)c1. The van der Waals surface area contributed by atoms with Gasteiger partial charge in [0.2, 0.25) is 0 Å². The van der Waals surface area contributed by atoms with Crippen LogP contribution in [0.1, 0.15) is 17.3 Å². The molecule has 0 unspecified atom stereocenters. The van der Waals surface area contributed by atoms with E-state index in [1.54, 1.807) is 0 Å². The lowest BCUT2D eigenvalue weighted by molar-refractivity contribution is 0.0663. The van der Waals surface area contributed by atoms with Crippen molar-refractivity contribution in [1.82, 2.24) is 9.80 Å². The van der Waals surface area contributed by atoms with Crippen molar-refractivity contribution in [2.24, 2.45) is 0 Å². The highest BCUT2D eigenvalue weighted by Crippen LogP contribution is 2.15. The lowest BCUT2D eigenvalue weighted by atomic mass is 10.1. The number of benzene rings is 1. The summed E-state index contributed by atoms with van der Waals surface area (Å²) in [6.45, 7) is 6.04. The van der Waals surface area contributed by atoms with Gasteiger partial charge >= 0.3 is 0 Å². The Bertz CT molecular complexity index is 412. The van der Waals surface area contributed by atoms with Crippen LogP contribution in [-0.4, -0.2) is 55.5 Å². The van der Waals surface area contributed by atoms with E-state index < -0.39 is 0 Å². The van der Waals surface area contributed by atoms with Gasteiger partial charge in [0.15, 0.2) is 0 Å². The molecule has 0 atom stereocenters. The van der Waals surface area contributed by atoms with Crippen LogP contribution in [0.2, 0.25) is 0 Å². The van der Waals surface area contributed by atoms with E-state index in [-0.39, 0.29) is 5.91 Å². The van der Waals surface area contributed by atoms with E-state index in [1.165, 1.54) is 0 Å². The first-order valence-electron chi connectivity index (χ1n) is 6.41.